The van der Waals surface area contributed by atoms with Crippen LogP contribution in [0.5, 0.6) is 5.75 Å². The fourth-order valence-corrected chi connectivity index (χ4v) is 2.96. The molecule has 0 aliphatic rings. The number of anilines is 1. The van der Waals surface area contributed by atoms with Gasteiger partial charge in [-0.05, 0) is 24.3 Å². The second-order valence-electron chi connectivity index (χ2n) is 3.79. The number of nitrogens with two attached hydrogens (primary N) is 1. The third-order valence-corrected chi connectivity index (χ3v) is 4.00. The van der Waals surface area contributed by atoms with Crippen LogP contribution in [0.4, 0.5) is 5.69 Å². The Hall–Kier alpha value is -0.610. The molecule has 2 aromatic rings. The summed E-state index contributed by atoms with van der Waals surface area (Å²) in [5.41, 5.74) is 7.36. The lowest BCUT2D eigenvalue weighted by atomic mass is 10.2. The van der Waals surface area contributed by atoms with Gasteiger partial charge in [-0.25, -0.2) is 0 Å². The Morgan fingerprint density at radius 3 is 2.32 bits per heavy atom. The number of halogens is 4. The van der Waals surface area contributed by atoms with E-state index in [9.17, 15) is 0 Å². The molecule has 0 amide bonds. The zero-order valence-electron chi connectivity index (χ0n) is 9.59. The van der Waals surface area contributed by atoms with Crippen molar-refractivity contribution in [3.05, 3.63) is 55.4 Å². The molecule has 0 atom stereocenters. The molecule has 0 aliphatic carbocycles. The van der Waals surface area contributed by atoms with E-state index < -0.39 is 0 Å². The van der Waals surface area contributed by atoms with Gasteiger partial charge >= 0.3 is 0 Å². The molecule has 2 aromatic carbocycles. The molecule has 6 heteroatoms. The first-order chi connectivity index (χ1) is 8.99. The van der Waals surface area contributed by atoms with Crippen molar-refractivity contribution >= 4 is 56.4 Å². The van der Waals surface area contributed by atoms with Crippen LogP contribution in [0.15, 0.2) is 34.8 Å². The van der Waals surface area contributed by atoms with E-state index in [4.69, 9.17) is 45.3 Å². The number of hydrogen-bond acceptors (Lipinski definition) is 2. The van der Waals surface area contributed by atoms with Crippen LogP contribution in [0.1, 0.15) is 5.56 Å². The molecule has 0 spiro atoms. The fourth-order valence-electron chi connectivity index (χ4n) is 1.54. The quantitative estimate of drug-likeness (QED) is 0.706. The number of rotatable bonds is 3. The third kappa shape index (κ3) is 3.48. The van der Waals surface area contributed by atoms with Crippen LogP contribution in [0.3, 0.4) is 0 Å². The van der Waals surface area contributed by atoms with E-state index >= 15 is 0 Å². The number of ether oxygens (including phenoxy) is 1. The van der Waals surface area contributed by atoms with Gasteiger partial charge in [0.2, 0.25) is 0 Å². The maximum Gasteiger partial charge on any atom is 0.157 e. The molecule has 19 heavy (non-hydrogen) atoms. The summed E-state index contributed by atoms with van der Waals surface area (Å²) in [7, 11) is 0. The van der Waals surface area contributed by atoms with Crippen molar-refractivity contribution in [3.63, 3.8) is 0 Å². The minimum Gasteiger partial charge on any atom is -0.486 e. The van der Waals surface area contributed by atoms with E-state index in [-0.39, 0.29) is 6.61 Å². The van der Waals surface area contributed by atoms with Crippen molar-refractivity contribution in [2.24, 2.45) is 0 Å². The molecular formula is C13H9BrCl3NO. The smallest absolute Gasteiger partial charge is 0.157 e. The number of hydrogen-bond donors (Lipinski definition) is 1. The van der Waals surface area contributed by atoms with Crippen LogP contribution in [0.2, 0.25) is 15.1 Å². The van der Waals surface area contributed by atoms with E-state index in [2.05, 4.69) is 15.9 Å². The van der Waals surface area contributed by atoms with Crippen molar-refractivity contribution in [1.29, 1.82) is 0 Å². The summed E-state index contributed by atoms with van der Waals surface area (Å²) >= 11 is 21.3. The van der Waals surface area contributed by atoms with Gasteiger partial charge in [0.05, 0.1) is 10.0 Å². The average molecular weight is 381 g/mol. The van der Waals surface area contributed by atoms with Crippen LogP contribution < -0.4 is 10.5 Å². The largest absolute Gasteiger partial charge is 0.486 e. The van der Waals surface area contributed by atoms with Gasteiger partial charge in [0.15, 0.2) is 5.75 Å². The Bertz CT molecular complexity index is 576. The van der Waals surface area contributed by atoms with Crippen molar-refractivity contribution in [2.75, 3.05) is 5.73 Å². The lowest BCUT2D eigenvalue weighted by Crippen LogP contribution is -2.02. The van der Waals surface area contributed by atoms with Crippen molar-refractivity contribution in [3.8, 4) is 5.75 Å². The van der Waals surface area contributed by atoms with Gasteiger partial charge < -0.3 is 10.5 Å². The molecule has 0 aromatic heterocycles. The van der Waals surface area contributed by atoms with Crippen LogP contribution in [0, 0.1) is 0 Å². The Morgan fingerprint density at radius 1 is 1.11 bits per heavy atom. The van der Waals surface area contributed by atoms with Gasteiger partial charge in [-0.2, -0.15) is 0 Å². The first-order valence-electron chi connectivity index (χ1n) is 5.29. The molecule has 0 heterocycles. The molecule has 0 aliphatic heterocycles. The predicted molar refractivity (Wildman–Crippen MR) is 84.4 cm³/mol. The number of nitrogen functional groups attached to an aromatic ring is 1. The summed E-state index contributed by atoms with van der Waals surface area (Å²) in [6, 6.07) is 8.70. The highest BCUT2D eigenvalue weighted by molar-refractivity contribution is 9.10. The normalized spacial score (nSPS) is 10.5. The average Bonchev–Trinajstić information content (AvgIpc) is 2.31. The van der Waals surface area contributed by atoms with E-state index in [1.165, 1.54) is 0 Å². The highest BCUT2D eigenvalue weighted by Crippen LogP contribution is 2.37. The van der Waals surface area contributed by atoms with Gasteiger partial charge in [-0.3, -0.25) is 0 Å². The second-order valence-corrected chi connectivity index (χ2v) is 5.90. The fraction of sp³-hybridized carbons (Fsp3) is 0.0769. The molecule has 2 nitrogen and oxygen atoms in total. The molecule has 2 N–H and O–H groups in total. The highest BCUT2D eigenvalue weighted by Gasteiger charge is 2.11. The first-order valence-corrected chi connectivity index (χ1v) is 7.22. The van der Waals surface area contributed by atoms with E-state index in [1.807, 2.05) is 12.1 Å². The predicted octanol–water partition coefficient (Wildman–Crippen LogP) is 5.57. The Balaban J connectivity index is 2.24. The summed E-state index contributed by atoms with van der Waals surface area (Å²) in [5.74, 6) is 0.392. The minimum atomic E-state index is 0.258. The zero-order valence-corrected chi connectivity index (χ0v) is 13.4. The summed E-state index contributed by atoms with van der Waals surface area (Å²) in [5, 5.41) is 1.19. The monoisotopic (exact) mass is 379 g/mol. The number of benzene rings is 2. The summed E-state index contributed by atoms with van der Waals surface area (Å²) in [4.78, 5) is 0. The topological polar surface area (TPSA) is 35.2 Å². The molecule has 0 fully saturated rings. The van der Waals surface area contributed by atoms with Crippen LogP contribution in [-0.4, -0.2) is 0 Å². The molecule has 100 valence electrons. The Morgan fingerprint density at radius 2 is 1.74 bits per heavy atom. The van der Waals surface area contributed by atoms with Crippen molar-refractivity contribution in [1.82, 2.24) is 0 Å². The minimum absolute atomic E-state index is 0.258. The lowest BCUT2D eigenvalue weighted by Gasteiger charge is -2.13. The highest BCUT2D eigenvalue weighted by atomic mass is 79.9. The molecule has 0 radical (unpaired) electrons. The maximum absolute atomic E-state index is 6.04. The molecule has 0 saturated heterocycles. The van der Waals surface area contributed by atoms with Crippen molar-refractivity contribution < 1.29 is 4.74 Å². The Kier molecular flexibility index (Phi) is 4.85. The summed E-state index contributed by atoms with van der Waals surface area (Å²) < 4.78 is 6.51. The van der Waals surface area contributed by atoms with Crippen LogP contribution >= 0.6 is 50.7 Å². The van der Waals surface area contributed by atoms with E-state index in [0.29, 0.717) is 26.5 Å². The van der Waals surface area contributed by atoms with Crippen LogP contribution in [0.25, 0.3) is 0 Å². The first kappa shape index (κ1) is 14.8. The SMILES string of the molecule is Nc1cccc(Br)c1COc1c(Cl)cc(Cl)cc1Cl. The molecular weight excluding hydrogens is 372 g/mol. The standard InChI is InChI=1S/C13H9BrCl3NO/c14-9-2-1-3-12(18)8(9)6-19-13-10(16)4-7(15)5-11(13)17/h1-5H,6,18H2. The third-order valence-electron chi connectivity index (χ3n) is 2.48. The molecule has 0 unspecified atom stereocenters. The molecule has 0 saturated carbocycles. The van der Waals surface area contributed by atoms with Crippen molar-refractivity contribution in [2.45, 2.75) is 6.61 Å². The zero-order chi connectivity index (χ0) is 14.0. The van der Waals surface area contributed by atoms with Gasteiger partial charge in [-0.15, -0.1) is 0 Å². The molecule has 0 bridgehead atoms. The van der Waals surface area contributed by atoms with E-state index in [0.717, 1.165) is 10.0 Å². The second kappa shape index (κ2) is 6.23. The van der Waals surface area contributed by atoms with Gasteiger partial charge in [-0.1, -0.05) is 56.8 Å². The van der Waals surface area contributed by atoms with Gasteiger partial charge in [0.1, 0.15) is 6.61 Å². The maximum atomic E-state index is 6.04. The van der Waals surface area contributed by atoms with Gasteiger partial charge in [0, 0.05) is 20.7 Å². The van der Waals surface area contributed by atoms with Crippen LogP contribution in [-0.2, 0) is 6.61 Å². The summed E-state index contributed by atoms with van der Waals surface area (Å²) in [6.45, 7) is 0.258. The molecule has 2 rings (SSSR count). The lowest BCUT2D eigenvalue weighted by molar-refractivity contribution is 0.306. The van der Waals surface area contributed by atoms with E-state index in [1.54, 1.807) is 18.2 Å². The van der Waals surface area contributed by atoms with Gasteiger partial charge in [0.25, 0.3) is 0 Å². The summed E-state index contributed by atoms with van der Waals surface area (Å²) in [6.07, 6.45) is 0. The Labute approximate surface area is 134 Å².